The Morgan fingerprint density at radius 1 is 1.29 bits per heavy atom. The van der Waals surface area contributed by atoms with Gasteiger partial charge in [-0.25, -0.2) is 19.0 Å². The van der Waals surface area contributed by atoms with E-state index in [-0.39, 0.29) is 0 Å². The van der Waals surface area contributed by atoms with Crippen LogP contribution in [0.5, 0.6) is 0 Å². The molecule has 0 aromatic carbocycles. The molecule has 0 aliphatic heterocycles. The third-order valence-electron chi connectivity index (χ3n) is 1.68. The fourth-order valence-electron chi connectivity index (χ4n) is 0.979. The van der Waals surface area contributed by atoms with Gasteiger partial charge in [-0.15, -0.1) is 0 Å². The van der Waals surface area contributed by atoms with E-state index < -0.39 is 5.82 Å². The number of nitrogens with zero attached hydrogens (tertiary/aromatic N) is 4. The molecular weight excluding hydrogens is 185 g/mol. The molecule has 14 heavy (non-hydrogen) atoms. The van der Waals surface area contributed by atoms with Gasteiger partial charge in [-0.1, -0.05) is 0 Å². The van der Waals surface area contributed by atoms with Crippen molar-refractivity contribution in [3.63, 3.8) is 0 Å². The molecule has 5 nitrogen and oxygen atoms in total. The summed E-state index contributed by atoms with van der Waals surface area (Å²) in [5.74, 6) is -0.0702. The predicted octanol–water partition coefficient (Wildman–Crippen LogP) is 0.843. The second-order valence-corrected chi connectivity index (χ2v) is 2.62. The quantitative estimate of drug-likeness (QED) is 0.768. The van der Waals surface area contributed by atoms with Gasteiger partial charge >= 0.3 is 0 Å². The van der Waals surface area contributed by atoms with Gasteiger partial charge in [0, 0.05) is 7.05 Å². The van der Waals surface area contributed by atoms with E-state index in [1.54, 1.807) is 19.4 Å². The summed E-state index contributed by atoms with van der Waals surface area (Å²) in [6.07, 6.45) is 5.52. The van der Waals surface area contributed by atoms with Crippen molar-refractivity contribution in [2.75, 3.05) is 12.4 Å². The van der Waals surface area contributed by atoms with E-state index in [0.29, 0.717) is 5.95 Å². The molecule has 0 radical (unpaired) electrons. The van der Waals surface area contributed by atoms with E-state index in [9.17, 15) is 4.39 Å². The second-order valence-electron chi connectivity index (χ2n) is 2.62. The maximum atomic E-state index is 12.6. The van der Waals surface area contributed by atoms with Crippen LogP contribution in [-0.4, -0.2) is 26.8 Å². The van der Waals surface area contributed by atoms with E-state index >= 15 is 0 Å². The van der Waals surface area contributed by atoms with Gasteiger partial charge in [0.25, 0.3) is 5.95 Å². The highest BCUT2D eigenvalue weighted by atomic mass is 19.1. The molecule has 0 atom stereocenters. The van der Waals surface area contributed by atoms with Crippen molar-refractivity contribution in [3.8, 4) is 5.95 Å². The Morgan fingerprint density at radius 2 is 2.00 bits per heavy atom. The molecule has 2 heterocycles. The highest BCUT2D eigenvalue weighted by Gasteiger charge is 2.02. The summed E-state index contributed by atoms with van der Waals surface area (Å²) in [6, 6.07) is 0. The molecule has 0 aliphatic rings. The Labute approximate surface area is 79.6 Å². The Morgan fingerprint density at radius 3 is 2.50 bits per heavy atom. The molecule has 0 unspecified atom stereocenters. The standard InChI is InChI=1S/C8H8FN5/c1-10-7-3-11-8(12-4-7)14-5-6(9)2-13-14/h2-5,10H,1H3. The van der Waals surface area contributed by atoms with Crippen LogP contribution in [0.3, 0.4) is 0 Å². The van der Waals surface area contributed by atoms with Gasteiger partial charge in [-0.2, -0.15) is 5.10 Å². The summed E-state index contributed by atoms with van der Waals surface area (Å²) in [4.78, 5) is 7.99. The minimum Gasteiger partial charge on any atom is -0.386 e. The topological polar surface area (TPSA) is 55.6 Å². The lowest BCUT2D eigenvalue weighted by atomic mass is 10.5. The third kappa shape index (κ3) is 1.54. The fraction of sp³-hybridized carbons (Fsp3) is 0.125. The maximum Gasteiger partial charge on any atom is 0.250 e. The summed E-state index contributed by atoms with van der Waals surface area (Å²) in [7, 11) is 1.77. The fourth-order valence-corrected chi connectivity index (χ4v) is 0.979. The van der Waals surface area contributed by atoms with Gasteiger partial charge in [-0.3, -0.25) is 0 Å². The molecule has 72 valence electrons. The maximum absolute atomic E-state index is 12.6. The first-order valence-electron chi connectivity index (χ1n) is 4.00. The van der Waals surface area contributed by atoms with Gasteiger partial charge in [0.2, 0.25) is 0 Å². The van der Waals surface area contributed by atoms with Gasteiger partial charge < -0.3 is 5.32 Å². The van der Waals surface area contributed by atoms with Crippen LogP contribution in [0.15, 0.2) is 24.8 Å². The van der Waals surface area contributed by atoms with Crippen molar-refractivity contribution in [3.05, 3.63) is 30.6 Å². The van der Waals surface area contributed by atoms with Crippen molar-refractivity contribution >= 4 is 5.69 Å². The first kappa shape index (κ1) is 8.61. The molecule has 1 N–H and O–H groups in total. The number of halogens is 1. The highest BCUT2D eigenvalue weighted by Crippen LogP contribution is 2.04. The zero-order valence-corrected chi connectivity index (χ0v) is 7.48. The molecule has 0 saturated carbocycles. The molecular formula is C8H8FN5. The van der Waals surface area contributed by atoms with Crippen LogP contribution in [0.25, 0.3) is 5.95 Å². The zero-order valence-electron chi connectivity index (χ0n) is 7.48. The van der Waals surface area contributed by atoms with Crippen LogP contribution in [-0.2, 0) is 0 Å². The molecule has 0 amide bonds. The summed E-state index contributed by atoms with van der Waals surface area (Å²) in [6.45, 7) is 0. The molecule has 6 heteroatoms. The van der Waals surface area contributed by atoms with Crippen LogP contribution >= 0.6 is 0 Å². The Kier molecular flexibility index (Phi) is 2.10. The number of rotatable bonds is 2. The predicted molar refractivity (Wildman–Crippen MR) is 48.7 cm³/mol. The molecule has 0 aliphatic carbocycles. The Balaban J connectivity index is 2.33. The summed E-state index contributed by atoms with van der Waals surface area (Å²) < 4.78 is 13.9. The molecule has 2 aromatic rings. The minimum absolute atomic E-state index is 0.341. The average molecular weight is 193 g/mol. The van der Waals surface area contributed by atoms with Crippen molar-refractivity contribution < 1.29 is 4.39 Å². The lowest BCUT2D eigenvalue weighted by Gasteiger charge is -2.00. The molecule has 0 fully saturated rings. The van der Waals surface area contributed by atoms with Crippen molar-refractivity contribution in [1.29, 1.82) is 0 Å². The normalized spacial score (nSPS) is 10.1. The van der Waals surface area contributed by atoms with E-state index in [4.69, 9.17) is 0 Å². The summed E-state index contributed by atoms with van der Waals surface area (Å²) in [5.41, 5.74) is 0.793. The number of nitrogens with one attached hydrogen (secondary N) is 1. The number of anilines is 1. The first-order chi connectivity index (χ1) is 6.79. The molecule has 2 aromatic heterocycles. The Hall–Kier alpha value is -1.98. The number of hydrogen-bond acceptors (Lipinski definition) is 4. The van der Waals surface area contributed by atoms with Crippen LogP contribution in [0.1, 0.15) is 0 Å². The lowest BCUT2D eigenvalue weighted by Crippen LogP contribution is -2.01. The van der Waals surface area contributed by atoms with Crippen molar-refractivity contribution in [2.45, 2.75) is 0 Å². The van der Waals surface area contributed by atoms with Gasteiger partial charge in [0.15, 0.2) is 5.82 Å². The number of aromatic nitrogens is 4. The van der Waals surface area contributed by atoms with Gasteiger partial charge in [0.05, 0.1) is 30.5 Å². The van der Waals surface area contributed by atoms with E-state index in [2.05, 4.69) is 20.4 Å². The van der Waals surface area contributed by atoms with Crippen molar-refractivity contribution in [2.24, 2.45) is 0 Å². The number of hydrogen-bond donors (Lipinski definition) is 1. The van der Waals surface area contributed by atoms with E-state index in [1.165, 1.54) is 10.9 Å². The molecule has 0 spiro atoms. The zero-order chi connectivity index (χ0) is 9.97. The van der Waals surface area contributed by atoms with Crippen LogP contribution < -0.4 is 5.32 Å². The second kappa shape index (κ2) is 3.41. The van der Waals surface area contributed by atoms with Gasteiger partial charge in [0.1, 0.15) is 0 Å². The smallest absolute Gasteiger partial charge is 0.250 e. The molecule has 0 saturated heterocycles. The first-order valence-corrected chi connectivity index (χ1v) is 4.00. The van der Waals surface area contributed by atoms with Crippen LogP contribution in [0, 0.1) is 5.82 Å². The van der Waals surface area contributed by atoms with E-state index in [0.717, 1.165) is 11.9 Å². The third-order valence-corrected chi connectivity index (χ3v) is 1.68. The van der Waals surface area contributed by atoms with Crippen LogP contribution in [0.4, 0.5) is 10.1 Å². The molecule has 2 rings (SSSR count). The summed E-state index contributed by atoms with van der Waals surface area (Å²) in [5, 5.41) is 6.62. The van der Waals surface area contributed by atoms with Gasteiger partial charge in [-0.05, 0) is 0 Å². The summed E-state index contributed by atoms with van der Waals surface area (Å²) >= 11 is 0. The highest BCUT2D eigenvalue weighted by molar-refractivity contribution is 5.37. The lowest BCUT2D eigenvalue weighted by molar-refractivity contribution is 0.626. The average Bonchev–Trinajstić information content (AvgIpc) is 2.65. The monoisotopic (exact) mass is 193 g/mol. The SMILES string of the molecule is CNc1cnc(-n2cc(F)cn2)nc1. The van der Waals surface area contributed by atoms with E-state index in [1.807, 2.05) is 0 Å². The largest absolute Gasteiger partial charge is 0.386 e. The van der Waals surface area contributed by atoms with Crippen LogP contribution in [0.2, 0.25) is 0 Å². The molecule has 0 bridgehead atoms. The minimum atomic E-state index is -0.411. The van der Waals surface area contributed by atoms with Crippen molar-refractivity contribution in [1.82, 2.24) is 19.7 Å². The Bertz CT molecular complexity index is 422.